The highest BCUT2D eigenvalue weighted by molar-refractivity contribution is 5.97. The third-order valence-electron chi connectivity index (χ3n) is 4.73. The average Bonchev–Trinajstić information content (AvgIpc) is 2.91. The number of hydrogen-bond donors (Lipinski definition) is 0. The zero-order valence-electron chi connectivity index (χ0n) is 14.1. The summed E-state index contributed by atoms with van der Waals surface area (Å²) in [5.41, 5.74) is 7.58. The Morgan fingerprint density at radius 3 is 2.32 bits per heavy atom. The fourth-order valence-corrected chi connectivity index (χ4v) is 3.68. The van der Waals surface area contributed by atoms with Crippen molar-refractivity contribution in [3.63, 3.8) is 0 Å². The molecular weight excluding hydrogens is 264 g/mol. The summed E-state index contributed by atoms with van der Waals surface area (Å²) in [6, 6.07) is 13.5. The van der Waals surface area contributed by atoms with Gasteiger partial charge in [-0.3, -0.25) is 0 Å². The van der Waals surface area contributed by atoms with Crippen LogP contribution in [-0.2, 0) is 0 Å². The van der Waals surface area contributed by atoms with Crippen LogP contribution >= 0.6 is 0 Å². The van der Waals surface area contributed by atoms with E-state index in [2.05, 4.69) is 63.2 Å². The van der Waals surface area contributed by atoms with E-state index in [0.717, 1.165) is 6.42 Å². The molecule has 2 aromatic carbocycles. The van der Waals surface area contributed by atoms with Gasteiger partial charge in [-0.1, -0.05) is 74.7 Å². The zero-order chi connectivity index (χ0) is 15.5. The summed E-state index contributed by atoms with van der Waals surface area (Å²) in [6.07, 6.45) is 8.53. The molecule has 1 aliphatic carbocycles. The lowest BCUT2D eigenvalue weighted by Crippen LogP contribution is -1.91. The minimum absolute atomic E-state index is 1.15. The number of allylic oxidation sites excluding steroid dienone is 4. The number of benzene rings is 2. The first kappa shape index (κ1) is 15.1. The first-order chi connectivity index (χ1) is 10.7. The van der Waals surface area contributed by atoms with E-state index in [4.69, 9.17) is 0 Å². The summed E-state index contributed by atoms with van der Waals surface area (Å²) >= 11 is 0. The number of rotatable bonds is 5. The molecule has 1 aliphatic rings. The fraction of sp³-hybridized carbons (Fsp3) is 0.364. The minimum atomic E-state index is 1.15. The molecular formula is C22H26. The third-order valence-corrected chi connectivity index (χ3v) is 4.73. The summed E-state index contributed by atoms with van der Waals surface area (Å²) < 4.78 is 0. The average molecular weight is 290 g/mol. The molecule has 0 heteroatoms. The van der Waals surface area contributed by atoms with Crippen molar-refractivity contribution in [3.05, 3.63) is 64.7 Å². The Bertz CT molecular complexity index is 744. The second-order valence-electron chi connectivity index (χ2n) is 6.46. The van der Waals surface area contributed by atoms with E-state index in [9.17, 15) is 0 Å². The SMILES string of the molecule is CCCC1=CC(CCC)=C(c2ccc(C)c3ccccc23)C1. The Labute approximate surface area is 134 Å². The summed E-state index contributed by atoms with van der Waals surface area (Å²) in [4.78, 5) is 0. The van der Waals surface area contributed by atoms with Crippen molar-refractivity contribution in [2.75, 3.05) is 0 Å². The van der Waals surface area contributed by atoms with Gasteiger partial charge in [-0.25, -0.2) is 0 Å². The predicted octanol–water partition coefficient (Wildman–Crippen LogP) is 6.83. The Morgan fingerprint density at radius 1 is 0.864 bits per heavy atom. The van der Waals surface area contributed by atoms with Crippen LogP contribution < -0.4 is 0 Å². The smallest absolute Gasteiger partial charge is 0.00550 e. The highest BCUT2D eigenvalue weighted by atomic mass is 14.2. The lowest BCUT2D eigenvalue weighted by atomic mass is 9.91. The van der Waals surface area contributed by atoms with Crippen molar-refractivity contribution in [3.8, 4) is 0 Å². The van der Waals surface area contributed by atoms with Gasteiger partial charge in [0.15, 0.2) is 0 Å². The number of aryl methyl sites for hydroxylation is 1. The summed E-state index contributed by atoms with van der Waals surface area (Å²) in [6.45, 7) is 6.77. The van der Waals surface area contributed by atoms with Gasteiger partial charge in [-0.05, 0) is 59.2 Å². The van der Waals surface area contributed by atoms with Gasteiger partial charge in [0, 0.05) is 0 Å². The van der Waals surface area contributed by atoms with Gasteiger partial charge >= 0.3 is 0 Å². The van der Waals surface area contributed by atoms with Crippen LogP contribution in [0, 0.1) is 6.92 Å². The molecule has 0 radical (unpaired) electrons. The molecule has 0 aliphatic heterocycles. The van der Waals surface area contributed by atoms with Crippen LogP contribution in [0.1, 0.15) is 57.1 Å². The molecule has 0 saturated heterocycles. The molecule has 114 valence electrons. The molecule has 22 heavy (non-hydrogen) atoms. The maximum atomic E-state index is 2.48. The molecule has 0 bridgehead atoms. The molecule has 0 atom stereocenters. The Kier molecular flexibility index (Phi) is 4.47. The summed E-state index contributed by atoms with van der Waals surface area (Å²) in [5.74, 6) is 0. The van der Waals surface area contributed by atoms with Gasteiger partial charge in [0.2, 0.25) is 0 Å². The van der Waals surface area contributed by atoms with Crippen LogP contribution in [0.2, 0.25) is 0 Å². The van der Waals surface area contributed by atoms with Gasteiger partial charge < -0.3 is 0 Å². The number of fused-ring (bicyclic) bond motifs is 1. The van der Waals surface area contributed by atoms with Crippen LogP contribution in [0.3, 0.4) is 0 Å². The molecule has 0 unspecified atom stereocenters. The van der Waals surface area contributed by atoms with Gasteiger partial charge in [0.05, 0.1) is 0 Å². The highest BCUT2D eigenvalue weighted by Gasteiger charge is 2.18. The molecule has 0 nitrogen and oxygen atoms in total. The molecule has 0 amide bonds. The minimum Gasteiger partial charge on any atom is -0.0655 e. The molecule has 0 N–H and O–H groups in total. The van der Waals surface area contributed by atoms with Gasteiger partial charge in [0.1, 0.15) is 0 Å². The molecule has 0 aromatic heterocycles. The fourth-order valence-electron chi connectivity index (χ4n) is 3.68. The van der Waals surface area contributed by atoms with Crippen molar-refractivity contribution in [1.29, 1.82) is 0 Å². The molecule has 3 rings (SSSR count). The largest absolute Gasteiger partial charge is 0.0655 e. The lowest BCUT2D eigenvalue weighted by Gasteiger charge is -2.13. The Morgan fingerprint density at radius 2 is 1.59 bits per heavy atom. The van der Waals surface area contributed by atoms with E-state index in [0.29, 0.717) is 0 Å². The number of hydrogen-bond acceptors (Lipinski definition) is 0. The van der Waals surface area contributed by atoms with E-state index >= 15 is 0 Å². The third kappa shape index (κ3) is 2.75. The monoisotopic (exact) mass is 290 g/mol. The van der Waals surface area contributed by atoms with E-state index < -0.39 is 0 Å². The van der Waals surface area contributed by atoms with Gasteiger partial charge in [-0.2, -0.15) is 0 Å². The van der Waals surface area contributed by atoms with E-state index in [1.54, 1.807) is 16.7 Å². The first-order valence-electron chi connectivity index (χ1n) is 8.64. The summed E-state index contributed by atoms with van der Waals surface area (Å²) in [5, 5.41) is 2.81. The van der Waals surface area contributed by atoms with Crippen molar-refractivity contribution in [2.45, 2.75) is 52.9 Å². The second-order valence-corrected chi connectivity index (χ2v) is 6.46. The van der Waals surface area contributed by atoms with Crippen LogP contribution in [0.25, 0.3) is 16.3 Å². The Hall–Kier alpha value is -1.82. The summed E-state index contributed by atoms with van der Waals surface area (Å²) in [7, 11) is 0. The van der Waals surface area contributed by atoms with Crippen molar-refractivity contribution < 1.29 is 0 Å². The maximum absolute atomic E-state index is 2.48. The normalized spacial score (nSPS) is 14.8. The van der Waals surface area contributed by atoms with Crippen LogP contribution in [0.5, 0.6) is 0 Å². The molecule has 0 fully saturated rings. The predicted molar refractivity (Wildman–Crippen MR) is 98.1 cm³/mol. The molecule has 0 saturated carbocycles. The van der Waals surface area contributed by atoms with Crippen molar-refractivity contribution in [1.82, 2.24) is 0 Å². The van der Waals surface area contributed by atoms with E-state index in [-0.39, 0.29) is 0 Å². The second kappa shape index (κ2) is 6.52. The van der Waals surface area contributed by atoms with Gasteiger partial charge in [-0.15, -0.1) is 0 Å². The van der Waals surface area contributed by atoms with E-state index in [1.165, 1.54) is 47.6 Å². The molecule has 2 aromatic rings. The first-order valence-corrected chi connectivity index (χ1v) is 8.64. The van der Waals surface area contributed by atoms with Crippen molar-refractivity contribution in [2.24, 2.45) is 0 Å². The highest BCUT2D eigenvalue weighted by Crippen LogP contribution is 2.40. The molecule has 0 spiro atoms. The van der Waals surface area contributed by atoms with Crippen LogP contribution in [0.15, 0.2) is 53.6 Å². The zero-order valence-corrected chi connectivity index (χ0v) is 14.1. The quantitative estimate of drug-likeness (QED) is 0.566. The van der Waals surface area contributed by atoms with Crippen LogP contribution in [-0.4, -0.2) is 0 Å². The lowest BCUT2D eigenvalue weighted by molar-refractivity contribution is 0.888. The van der Waals surface area contributed by atoms with Gasteiger partial charge in [0.25, 0.3) is 0 Å². The molecule has 0 heterocycles. The van der Waals surface area contributed by atoms with Crippen LogP contribution in [0.4, 0.5) is 0 Å². The Balaban J connectivity index is 2.11. The van der Waals surface area contributed by atoms with Crippen molar-refractivity contribution >= 4 is 16.3 Å². The standard InChI is InChI=1S/C22H26/c1-4-8-17-14-18(9-5-2)22(15-17)21-13-12-16(3)19-10-6-7-11-20(19)21/h6-7,10-14H,4-5,8-9,15H2,1-3H3. The van der Waals surface area contributed by atoms with E-state index in [1.807, 2.05) is 0 Å². The maximum Gasteiger partial charge on any atom is -0.00550 e. The topological polar surface area (TPSA) is 0 Å².